The molecule has 32 valence electrons. The van der Waals surface area contributed by atoms with Crippen LogP contribution in [-0.2, 0) is 10.2 Å². The highest BCUT2D eigenvalue weighted by Crippen LogP contribution is 1.79. The summed E-state index contributed by atoms with van der Waals surface area (Å²) in [6, 6.07) is 0. The van der Waals surface area contributed by atoms with Gasteiger partial charge in [-0.15, -0.1) is 3.89 Å². The van der Waals surface area contributed by atoms with Crippen LogP contribution in [0.15, 0.2) is 0 Å². The van der Waals surface area contributed by atoms with Crippen LogP contribution in [-0.4, -0.2) is 8.42 Å². The average Bonchev–Trinajstić information content (AvgIpc) is 0.722. The first-order valence-corrected chi connectivity index (χ1v) is 2.33. The summed E-state index contributed by atoms with van der Waals surface area (Å²) in [5.74, 6) is 0. The average molecular weight is 97.1 g/mol. The second-order valence-electron chi connectivity index (χ2n) is 0.539. The van der Waals surface area contributed by atoms with Gasteiger partial charge in [-0.25, -0.2) is 8.42 Å². The molecule has 0 aliphatic carbocycles. The van der Waals surface area contributed by atoms with Gasteiger partial charge in [0.25, 0.3) is 0 Å². The first-order valence-electron chi connectivity index (χ1n) is 0.776. The van der Waals surface area contributed by atoms with Crippen LogP contribution >= 0.6 is 0 Å². The summed E-state index contributed by atoms with van der Waals surface area (Å²) in [6.45, 7) is 0. The fourth-order valence-electron chi connectivity index (χ4n) is 0. The lowest BCUT2D eigenvalue weighted by molar-refractivity contribution is 0.562. The van der Waals surface area contributed by atoms with Gasteiger partial charge in [-0.05, 0) is 0 Å². The third-order valence-electron chi connectivity index (χ3n) is 0. The molecule has 0 atom stereocenters. The predicted molar refractivity (Wildman–Crippen MR) is 15.4 cm³/mol. The molecule has 0 spiro atoms. The van der Waals surface area contributed by atoms with Crippen molar-refractivity contribution in [3.8, 4) is 0 Å². The van der Waals surface area contributed by atoms with Crippen molar-refractivity contribution in [1.29, 1.82) is 0 Å². The topological polar surface area (TPSA) is 34.1 Å². The van der Waals surface area contributed by atoms with E-state index in [0.717, 1.165) is 0 Å². The van der Waals surface area contributed by atoms with Crippen molar-refractivity contribution >= 4 is 10.2 Å². The molecule has 0 aromatic carbocycles. The molecular weight excluding hydrogens is 95.1 g/mol. The fourth-order valence-corrected chi connectivity index (χ4v) is 0. The summed E-state index contributed by atoms with van der Waals surface area (Å²) in [7, 11) is -4.42. The molecule has 0 aliphatic rings. The highest BCUT2D eigenvalue weighted by Gasteiger charge is 1.74. The van der Waals surface area contributed by atoms with Crippen molar-refractivity contribution in [1.82, 2.24) is 0 Å². The molecule has 0 unspecified atom stereocenters. The van der Waals surface area contributed by atoms with E-state index in [1.807, 2.05) is 0 Å². The van der Waals surface area contributed by atoms with Gasteiger partial charge in [-0.1, -0.05) is 0 Å². The zero-order valence-corrected chi connectivity index (χ0v) is 3.13. The summed E-state index contributed by atoms with van der Waals surface area (Å²) < 4.78 is 28.3. The molecule has 0 heterocycles. The maximum Gasteiger partial charge on any atom is 0.173 e. The van der Waals surface area contributed by atoms with E-state index in [-0.39, 0.29) is 0 Å². The molecule has 4 heteroatoms. The molecule has 2 nitrogen and oxygen atoms in total. The van der Waals surface area contributed by atoms with Crippen LogP contribution in [0.2, 0.25) is 0 Å². The summed E-state index contributed by atoms with van der Waals surface area (Å²) in [6.07, 6.45) is 2.08. The van der Waals surface area contributed by atoms with Gasteiger partial charge in [0.2, 0.25) is 0 Å². The van der Waals surface area contributed by atoms with Crippen LogP contribution < -0.4 is 0 Å². The summed E-state index contributed by atoms with van der Waals surface area (Å²) in [4.78, 5) is 0. The second-order valence-corrected chi connectivity index (χ2v) is 1.62. The van der Waals surface area contributed by atoms with E-state index in [4.69, 9.17) is 8.42 Å². The van der Waals surface area contributed by atoms with E-state index >= 15 is 0 Å². The van der Waals surface area contributed by atoms with E-state index in [2.05, 4.69) is 6.26 Å². The van der Waals surface area contributed by atoms with Gasteiger partial charge in [-0.3, -0.25) is 0 Å². The Hall–Kier alpha value is -0.120. The monoisotopic (exact) mass is 97.0 g/mol. The quantitative estimate of drug-likeness (QED) is 0.317. The predicted octanol–water partition coefficient (Wildman–Crippen LogP) is 0.0773. The maximum absolute atomic E-state index is 10.5. The van der Waals surface area contributed by atoms with Gasteiger partial charge in [0, 0.05) is 0 Å². The van der Waals surface area contributed by atoms with Crippen molar-refractivity contribution in [3.05, 3.63) is 6.26 Å². The van der Waals surface area contributed by atoms with Crippen molar-refractivity contribution in [2.75, 3.05) is 0 Å². The molecule has 0 radical (unpaired) electrons. The molecule has 0 aromatic rings. The number of hydrogen-bond acceptors (Lipinski definition) is 2. The Morgan fingerprint density at radius 3 is 1.60 bits per heavy atom. The standard InChI is InChI=1S/CH2FO2S/c1-5(2,3)4/h1H2/q-1. The molecule has 0 bridgehead atoms. The molecule has 0 N–H and O–H groups in total. The first kappa shape index (κ1) is 4.88. The largest absolute Gasteiger partial charge is 0.230 e. The van der Waals surface area contributed by atoms with E-state index in [1.54, 1.807) is 0 Å². The Morgan fingerprint density at radius 1 is 1.60 bits per heavy atom. The van der Waals surface area contributed by atoms with E-state index in [1.165, 1.54) is 0 Å². The van der Waals surface area contributed by atoms with E-state index in [9.17, 15) is 3.89 Å². The molecule has 0 fully saturated rings. The summed E-state index contributed by atoms with van der Waals surface area (Å²) in [5.41, 5.74) is 0. The zero-order chi connectivity index (χ0) is 4.50. The van der Waals surface area contributed by atoms with Gasteiger partial charge in [-0.2, -0.15) is 6.26 Å². The molecule has 0 rings (SSSR count). The normalized spacial score (nSPS) is 11.6. The molecule has 0 saturated carbocycles. The van der Waals surface area contributed by atoms with Gasteiger partial charge in [0.15, 0.2) is 10.2 Å². The van der Waals surface area contributed by atoms with Crippen molar-refractivity contribution in [2.45, 2.75) is 0 Å². The van der Waals surface area contributed by atoms with Crippen molar-refractivity contribution in [3.63, 3.8) is 0 Å². The van der Waals surface area contributed by atoms with Crippen molar-refractivity contribution < 1.29 is 12.3 Å². The van der Waals surface area contributed by atoms with Gasteiger partial charge in [0.1, 0.15) is 0 Å². The molecule has 0 aliphatic heterocycles. The van der Waals surface area contributed by atoms with Gasteiger partial charge >= 0.3 is 0 Å². The smallest absolute Gasteiger partial charge is 0.173 e. The third-order valence-corrected chi connectivity index (χ3v) is 0. The van der Waals surface area contributed by atoms with Crippen LogP contribution in [0.4, 0.5) is 3.89 Å². The number of halogens is 1. The lowest BCUT2D eigenvalue weighted by atomic mass is 12.0. The van der Waals surface area contributed by atoms with Crippen LogP contribution in [0, 0.1) is 6.26 Å². The van der Waals surface area contributed by atoms with Crippen molar-refractivity contribution in [2.24, 2.45) is 0 Å². The second kappa shape index (κ2) is 0.931. The van der Waals surface area contributed by atoms with Crippen LogP contribution in [0.1, 0.15) is 0 Å². The Kier molecular flexibility index (Phi) is 0.908. The lowest BCUT2D eigenvalue weighted by Crippen LogP contribution is -1.73. The van der Waals surface area contributed by atoms with Gasteiger partial charge in [0.05, 0.1) is 0 Å². The Bertz CT molecular complexity index is 92.8. The Labute approximate surface area is 29.8 Å². The highest BCUT2D eigenvalue weighted by atomic mass is 32.3. The minimum Gasteiger partial charge on any atom is -0.230 e. The summed E-state index contributed by atoms with van der Waals surface area (Å²) >= 11 is 0. The molecule has 0 aromatic heterocycles. The number of hydrogen-bond donors (Lipinski definition) is 0. The van der Waals surface area contributed by atoms with Gasteiger partial charge < -0.3 is 0 Å². The van der Waals surface area contributed by atoms with Crippen LogP contribution in [0.5, 0.6) is 0 Å². The first-order chi connectivity index (χ1) is 2.00. The molecular formula is CH2FO2S-. The van der Waals surface area contributed by atoms with Crippen LogP contribution in [0.3, 0.4) is 0 Å². The Balaban J connectivity index is 4.06. The van der Waals surface area contributed by atoms with Crippen LogP contribution in [0.25, 0.3) is 0 Å². The minimum absolute atomic E-state index is 2.08. The molecule has 0 saturated heterocycles. The Morgan fingerprint density at radius 2 is 1.60 bits per heavy atom. The molecule has 5 heavy (non-hydrogen) atoms. The lowest BCUT2D eigenvalue weighted by Gasteiger charge is -1.75. The highest BCUT2D eigenvalue weighted by molar-refractivity contribution is 7.87. The third kappa shape index (κ3) is 952. The SMILES string of the molecule is [CH2-]S(=O)(=O)F. The summed E-state index contributed by atoms with van der Waals surface area (Å²) in [5, 5.41) is 0. The number of rotatable bonds is 0. The minimum atomic E-state index is -4.42. The van der Waals surface area contributed by atoms with E-state index < -0.39 is 10.2 Å². The van der Waals surface area contributed by atoms with E-state index in [0.29, 0.717) is 0 Å². The maximum atomic E-state index is 10.5. The molecule has 0 amide bonds. The zero-order valence-electron chi connectivity index (χ0n) is 2.31. The fraction of sp³-hybridized carbons (Fsp3) is 0.